The van der Waals surface area contributed by atoms with Gasteiger partial charge in [0.1, 0.15) is 11.3 Å². The number of aliphatic hydroxyl groups is 1. The van der Waals surface area contributed by atoms with E-state index in [9.17, 15) is 5.11 Å². The lowest BCUT2D eigenvalue weighted by Crippen LogP contribution is -2.12. The molecule has 0 bridgehead atoms. The third kappa shape index (κ3) is 2.50. The summed E-state index contributed by atoms with van der Waals surface area (Å²) in [6.07, 6.45) is 1.76. The van der Waals surface area contributed by atoms with Crippen molar-refractivity contribution in [1.82, 2.24) is 0 Å². The van der Waals surface area contributed by atoms with Gasteiger partial charge < -0.3 is 9.52 Å². The first kappa shape index (κ1) is 14.6. The molecular weight excluding hydrogens is 260 g/mol. The summed E-state index contributed by atoms with van der Waals surface area (Å²) in [5.74, 6) is 1.95. The normalized spacial score (nSPS) is 23.5. The summed E-state index contributed by atoms with van der Waals surface area (Å²) in [4.78, 5) is 0. The van der Waals surface area contributed by atoms with Gasteiger partial charge in [0.25, 0.3) is 0 Å². The van der Waals surface area contributed by atoms with Gasteiger partial charge in [-0.3, -0.25) is 0 Å². The summed E-state index contributed by atoms with van der Waals surface area (Å²) in [6.45, 7) is 11.1. The van der Waals surface area contributed by atoms with Gasteiger partial charge in [0.15, 0.2) is 0 Å². The maximum atomic E-state index is 9.68. The van der Waals surface area contributed by atoms with Gasteiger partial charge in [0.2, 0.25) is 0 Å². The lowest BCUT2D eigenvalue weighted by Gasteiger charge is -2.19. The predicted molar refractivity (Wildman–Crippen MR) is 86.8 cm³/mol. The Hall–Kier alpha value is -1.28. The van der Waals surface area contributed by atoms with E-state index < -0.39 is 0 Å². The second-order valence-corrected chi connectivity index (χ2v) is 7.51. The van der Waals surface area contributed by atoms with Crippen LogP contribution in [0.25, 0.3) is 11.0 Å². The number of aryl methyl sites for hydroxylation is 1. The van der Waals surface area contributed by atoms with E-state index in [4.69, 9.17) is 4.42 Å². The Balaban J connectivity index is 2.11. The van der Waals surface area contributed by atoms with Crippen molar-refractivity contribution in [2.75, 3.05) is 0 Å². The van der Waals surface area contributed by atoms with Crippen LogP contribution in [0.5, 0.6) is 0 Å². The van der Waals surface area contributed by atoms with Crippen LogP contribution < -0.4 is 0 Å². The molecule has 1 N–H and O–H groups in total. The van der Waals surface area contributed by atoms with Crippen LogP contribution in [0.15, 0.2) is 22.6 Å². The maximum Gasteiger partial charge on any atom is 0.134 e. The van der Waals surface area contributed by atoms with Crippen molar-refractivity contribution < 1.29 is 9.52 Å². The topological polar surface area (TPSA) is 33.4 Å². The van der Waals surface area contributed by atoms with E-state index in [2.05, 4.69) is 52.8 Å². The molecule has 21 heavy (non-hydrogen) atoms. The fourth-order valence-electron chi connectivity index (χ4n) is 3.51. The van der Waals surface area contributed by atoms with Crippen molar-refractivity contribution >= 4 is 11.0 Å². The van der Waals surface area contributed by atoms with Crippen molar-refractivity contribution in [3.63, 3.8) is 0 Å². The Kier molecular flexibility index (Phi) is 3.40. The fraction of sp³-hybridized carbons (Fsp3) is 0.579. The molecule has 1 aromatic carbocycles. The van der Waals surface area contributed by atoms with E-state index in [1.165, 1.54) is 16.5 Å². The minimum Gasteiger partial charge on any atom is -0.461 e. The average Bonchev–Trinajstić information content (AvgIpc) is 3.01. The molecule has 1 fully saturated rings. The molecule has 2 nitrogen and oxygen atoms in total. The number of hydrogen-bond acceptors (Lipinski definition) is 2. The zero-order valence-electron chi connectivity index (χ0n) is 13.7. The molecule has 0 saturated heterocycles. The highest BCUT2D eigenvalue weighted by atomic mass is 16.3. The summed E-state index contributed by atoms with van der Waals surface area (Å²) < 4.78 is 6.06. The molecule has 3 atom stereocenters. The maximum absolute atomic E-state index is 9.68. The molecule has 3 rings (SSSR count). The number of hydrogen-bond donors (Lipinski definition) is 1. The first-order chi connectivity index (χ1) is 9.82. The summed E-state index contributed by atoms with van der Waals surface area (Å²) in [7, 11) is 0. The lowest BCUT2D eigenvalue weighted by molar-refractivity contribution is 0.253. The van der Waals surface area contributed by atoms with E-state index in [0.717, 1.165) is 24.2 Å². The summed E-state index contributed by atoms with van der Waals surface area (Å²) in [5.41, 5.74) is 3.73. The molecular formula is C19H26O2. The van der Waals surface area contributed by atoms with E-state index in [-0.39, 0.29) is 11.5 Å². The van der Waals surface area contributed by atoms with Crippen LogP contribution in [-0.4, -0.2) is 11.2 Å². The third-order valence-electron chi connectivity index (χ3n) is 4.83. The summed E-state index contributed by atoms with van der Waals surface area (Å²) >= 11 is 0. The summed E-state index contributed by atoms with van der Waals surface area (Å²) in [6, 6.07) is 6.55. The molecule has 0 radical (unpaired) electrons. The van der Waals surface area contributed by atoms with Crippen LogP contribution in [0, 0.1) is 5.92 Å². The Morgan fingerprint density at radius 3 is 2.52 bits per heavy atom. The monoisotopic (exact) mass is 286 g/mol. The van der Waals surface area contributed by atoms with Gasteiger partial charge >= 0.3 is 0 Å². The predicted octanol–water partition coefficient (Wildman–Crippen LogP) is 4.78. The van der Waals surface area contributed by atoms with Crippen molar-refractivity contribution in [3.05, 3.63) is 35.1 Å². The first-order valence-corrected chi connectivity index (χ1v) is 8.06. The van der Waals surface area contributed by atoms with Crippen molar-refractivity contribution in [2.24, 2.45) is 5.92 Å². The second-order valence-electron chi connectivity index (χ2n) is 7.51. The highest BCUT2D eigenvalue weighted by molar-refractivity contribution is 5.84. The Morgan fingerprint density at radius 2 is 2.00 bits per heavy atom. The molecule has 1 saturated carbocycles. The summed E-state index contributed by atoms with van der Waals surface area (Å²) in [5, 5.41) is 10.9. The highest BCUT2D eigenvalue weighted by Crippen LogP contribution is 2.44. The third-order valence-corrected chi connectivity index (χ3v) is 4.83. The van der Waals surface area contributed by atoms with Gasteiger partial charge in [-0.05, 0) is 41.4 Å². The van der Waals surface area contributed by atoms with Crippen LogP contribution in [0.4, 0.5) is 0 Å². The standard InChI is InChI=1S/C19H26O2/c1-6-16-18(19(3,4)5)14-9-12(7-8-17(14)21-16)11(2)13-10-15(13)20/h7-9,11,13,15,20H,6,10H2,1-5H3. The average molecular weight is 286 g/mol. The number of benzene rings is 1. The largest absolute Gasteiger partial charge is 0.461 e. The molecule has 1 aliphatic carbocycles. The second kappa shape index (κ2) is 4.88. The molecule has 1 heterocycles. The smallest absolute Gasteiger partial charge is 0.134 e. The molecule has 0 amide bonds. The van der Waals surface area contributed by atoms with E-state index in [1.807, 2.05) is 0 Å². The molecule has 2 aromatic rings. The Bertz CT molecular complexity index is 660. The van der Waals surface area contributed by atoms with Gasteiger partial charge in [0.05, 0.1) is 6.10 Å². The van der Waals surface area contributed by atoms with Crippen LogP contribution in [0.2, 0.25) is 0 Å². The van der Waals surface area contributed by atoms with Gasteiger partial charge in [-0.25, -0.2) is 0 Å². The molecule has 2 heteroatoms. The van der Waals surface area contributed by atoms with Crippen molar-refractivity contribution in [3.8, 4) is 0 Å². The van der Waals surface area contributed by atoms with Gasteiger partial charge in [0, 0.05) is 17.4 Å². The van der Waals surface area contributed by atoms with E-state index in [0.29, 0.717) is 11.8 Å². The van der Waals surface area contributed by atoms with Crippen LogP contribution in [0.1, 0.15) is 63.8 Å². The van der Waals surface area contributed by atoms with Crippen LogP contribution >= 0.6 is 0 Å². The zero-order chi connectivity index (χ0) is 15.4. The molecule has 114 valence electrons. The SMILES string of the molecule is CCc1oc2ccc(C(C)C3CC3O)cc2c1C(C)(C)C. The van der Waals surface area contributed by atoms with Crippen molar-refractivity contribution in [1.29, 1.82) is 0 Å². The van der Waals surface area contributed by atoms with Gasteiger partial charge in [-0.15, -0.1) is 0 Å². The van der Waals surface area contributed by atoms with Gasteiger partial charge in [-0.1, -0.05) is 40.7 Å². The lowest BCUT2D eigenvalue weighted by atomic mass is 9.83. The number of aliphatic hydroxyl groups excluding tert-OH is 1. The number of rotatable bonds is 3. The molecule has 0 spiro atoms. The minimum atomic E-state index is -0.103. The number of fused-ring (bicyclic) bond motifs is 1. The zero-order valence-corrected chi connectivity index (χ0v) is 13.7. The number of furan rings is 1. The highest BCUT2D eigenvalue weighted by Gasteiger charge is 2.40. The van der Waals surface area contributed by atoms with Crippen LogP contribution in [0.3, 0.4) is 0 Å². The van der Waals surface area contributed by atoms with E-state index in [1.54, 1.807) is 0 Å². The Morgan fingerprint density at radius 1 is 1.33 bits per heavy atom. The molecule has 1 aromatic heterocycles. The van der Waals surface area contributed by atoms with Gasteiger partial charge in [-0.2, -0.15) is 0 Å². The molecule has 1 aliphatic rings. The molecule has 3 unspecified atom stereocenters. The van der Waals surface area contributed by atoms with Crippen molar-refractivity contribution in [2.45, 2.75) is 64.9 Å². The quantitative estimate of drug-likeness (QED) is 0.881. The Labute approximate surface area is 127 Å². The van der Waals surface area contributed by atoms with Crippen LogP contribution in [-0.2, 0) is 11.8 Å². The first-order valence-electron chi connectivity index (χ1n) is 8.06. The molecule has 0 aliphatic heterocycles. The minimum absolute atomic E-state index is 0.0809. The fourth-order valence-corrected chi connectivity index (χ4v) is 3.51. The van der Waals surface area contributed by atoms with E-state index >= 15 is 0 Å².